The van der Waals surface area contributed by atoms with Gasteiger partial charge in [-0.1, -0.05) is 19.1 Å². The normalized spacial score (nSPS) is 17.9. The first-order valence-electron chi connectivity index (χ1n) is 9.15. The molecule has 2 rings (SSSR count). The molecule has 0 spiro atoms. The van der Waals surface area contributed by atoms with Crippen LogP contribution in [0.2, 0.25) is 0 Å². The van der Waals surface area contributed by atoms with Gasteiger partial charge in [0.2, 0.25) is 10.0 Å². The van der Waals surface area contributed by atoms with Gasteiger partial charge in [0.05, 0.1) is 11.5 Å². The molecule has 1 aliphatic rings. The second-order valence-corrected chi connectivity index (χ2v) is 9.46. The van der Waals surface area contributed by atoms with Crippen LogP contribution in [0.3, 0.4) is 0 Å². The Kier molecular flexibility index (Phi) is 11.7. The van der Waals surface area contributed by atoms with Crippen LogP contribution in [-0.4, -0.2) is 70.7 Å². The summed E-state index contributed by atoms with van der Waals surface area (Å²) in [6, 6.07) is 6.96. The number of hydrogen-bond acceptors (Lipinski definition) is 5. The fourth-order valence-corrected chi connectivity index (χ4v) is 5.12. The maximum Gasteiger partial charge on any atom is 0.240 e. The van der Waals surface area contributed by atoms with E-state index in [-0.39, 0.29) is 35.4 Å². The topological polar surface area (TPSA) is 83.0 Å². The SMILES string of the molecule is CCC1CN(C(=NC)NCc2cccc(S(=O)(=O)NCCOC)c2)CCS1.I. The van der Waals surface area contributed by atoms with Gasteiger partial charge in [0, 0.05) is 51.3 Å². The van der Waals surface area contributed by atoms with Crippen LogP contribution in [0.4, 0.5) is 0 Å². The number of nitrogens with zero attached hydrogens (tertiary/aromatic N) is 2. The highest BCUT2D eigenvalue weighted by atomic mass is 127. The van der Waals surface area contributed by atoms with Gasteiger partial charge in [-0.15, -0.1) is 24.0 Å². The Bertz CT molecular complexity index is 731. The van der Waals surface area contributed by atoms with Crippen LogP contribution >= 0.6 is 35.7 Å². The number of rotatable bonds is 8. The Morgan fingerprint density at radius 3 is 2.89 bits per heavy atom. The summed E-state index contributed by atoms with van der Waals surface area (Å²) >= 11 is 2.01. The van der Waals surface area contributed by atoms with E-state index in [1.165, 1.54) is 7.11 Å². The lowest BCUT2D eigenvalue weighted by atomic mass is 10.2. The molecule has 7 nitrogen and oxygen atoms in total. The van der Waals surface area contributed by atoms with E-state index < -0.39 is 10.0 Å². The third-order valence-corrected chi connectivity index (χ3v) is 7.19. The summed E-state index contributed by atoms with van der Waals surface area (Å²) in [5.74, 6) is 1.96. The molecule has 28 heavy (non-hydrogen) atoms. The van der Waals surface area contributed by atoms with E-state index in [0.29, 0.717) is 18.4 Å². The van der Waals surface area contributed by atoms with Crippen molar-refractivity contribution >= 4 is 51.7 Å². The number of sulfonamides is 1. The minimum atomic E-state index is -3.53. The molecule has 1 saturated heterocycles. The molecule has 1 unspecified atom stereocenters. The van der Waals surface area contributed by atoms with Crippen molar-refractivity contribution in [1.29, 1.82) is 0 Å². The maximum atomic E-state index is 12.3. The van der Waals surface area contributed by atoms with Crippen molar-refractivity contribution in [2.75, 3.05) is 46.2 Å². The summed E-state index contributed by atoms with van der Waals surface area (Å²) in [6.07, 6.45) is 1.15. The Morgan fingerprint density at radius 2 is 2.21 bits per heavy atom. The summed E-state index contributed by atoms with van der Waals surface area (Å²) in [5, 5.41) is 3.99. The number of aliphatic imine (C=N–C) groups is 1. The van der Waals surface area contributed by atoms with E-state index in [0.717, 1.165) is 36.8 Å². The molecule has 1 aliphatic heterocycles. The first-order valence-corrected chi connectivity index (χ1v) is 11.7. The maximum absolute atomic E-state index is 12.3. The number of halogens is 1. The van der Waals surface area contributed by atoms with E-state index in [1.54, 1.807) is 25.2 Å². The van der Waals surface area contributed by atoms with Crippen molar-refractivity contribution in [1.82, 2.24) is 14.9 Å². The van der Waals surface area contributed by atoms with Crippen molar-refractivity contribution in [2.45, 2.75) is 30.0 Å². The van der Waals surface area contributed by atoms with Gasteiger partial charge in [0.1, 0.15) is 0 Å². The predicted octanol–water partition coefficient (Wildman–Crippen LogP) is 2.13. The van der Waals surface area contributed by atoms with E-state index in [9.17, 15) is 8.42 Å². The van der Waals surface area contributed by atoms with Crippen LogP contribution in [0.15, 0.2) is 34.2 Å². The fraction of sp³-hybridized carbons (Fsp3) is 0.611. The van der Waals surface area contributed by atoms with Crippen LogP contribution in [0, 0.1) is 0 Å². The third kappa shape index (κ3) is 7.69. The molecule has 10 heteroatoms. The zero-order valence-electron chi connectivity index (χ0n) is 16.7. The number of nitrogens with one attached hydrogen (secondary N) is 2. The standard InChI is InChI=1S/C18H30N4O3S2.HI/c1-4-16-14-22(9-11-26-16)18(19-2)20-13-15-6-5-7-17(12-15)27(23,24)21-8-10-25-3;/h5-7,12,16,21H,4,8-11,13-14H2,1-3H3,(H,19,20);1H. The number of methoxy groups -OCH3 is 1. The van der Waals surface area contributed by atoms with Crippen molar-refractivity contribution in [3.8, 4) is 0 Å². The van der Waals surface area contributed by atoms with Gasteiger partial charge in [-0.25, -0.2) is 13.1 Å². The van der Waals surface area contributed by atoms with Crippen LogP contribution in [0.25, 0.3) is 0 Å². The summed E-state index contributed by atoms with van der Waals surface area (Å²) in [5.41, 5.74) is 0.893. The van der Waals surface area contributed by atoms with Crippen molar-refractivity contribution in [3.63, 3.8) is 0 Å². The molecule has 1 aromatic carbocycles. The van der Waals surface area contributed by atoms with Crippen LogP contribution in [0.5, 0.6) is 0 Å². The highest BCUT2D eigenvalue weighted by molar-refractivity contribution is 14.0. The molecule has 2 N–H and O–H groups in total. The lowest BCUT2D eigenvalue weighted by Crippen LogP contribution is -2.47. The monoisotopic (exact) mass is 542 g/mol. The van der Waals surface area contributed by atoms with E-state index in [4.69, 9.17) is 4.74 Å². The number of ether oxygens (including phenoxy) is 1. The van der Waals surface area contributed by atoms with E-state index in [1.807, 2.05) is 17.8 Å². The van der Waals surface area contributed by atoms with Gasteiger partial charge in [-0.3, -0.25) is 4.99 Å². The minimum Gasteiger partial charge on any atom is -0.383 e. The summed E-state index contributed by atoms with van der Waals surface area (Å²) in [6.45, 7) is 5.28. The summed E-state index contributed by atoms with van der Waals surface area (Å²) in [4.78, 5) is 6.93. The van der Waals surface area contributed by atoms with Gasteiger partial charge in [-0.05, 0) is 24.1 Å². The molecule has 1 heterocycles. The predicted molar refractivity (Wildman–Crippen MR) is 127 cm³/mol. The smallest absolute Gasteiger partial charge is 0.240 e. The molecule has 1 atom stereocenters. The van der Waals surface area contributed by atoms with E-state index >= 15 is 0 Å². The Morgan fingerprint density at radius 1 is 1.43 bits per heavy atom. The second kappa shape index (κ2) is 12.9. The molecular weight excluding hydrogens is 511 g/mol. The van der Waals surface area contributed by atoms with Crippen molar-refractivity contribution in [3.05, 3.63) is 29.8 Å². The Balaban J connectivity index is 0.00000392. The Hall–Kier alpha value is -0.560. The molecule has 1 fully saturated rings. The van der Waals surface area contributed by atoms with Crippen molar-refractivity contribution in [2.24, 2.45) is 4.99 Å². The van der Waals surface area contributed by atoms with Crippen molar-refractivity contribution < 1.29 is 13.2 Å². The van der Waals surface area contributed by atoms with E-state index in [2.05, 4.69) is 26.9 Å². The summed E-state index contributed by atoms with van der Waals surface area (Å²) in [7, 11) is -0.209. The largest absolute Gasteiger partial charge is 0.383 e. The van der Waals surface area contributed by atoms with Crippen LogP contribution < -0.4 is 10.0 Å². The number of hydrogen-bond donors (Lipinski definition) is 2. The van der Waals surface area contributed by atoms with Gasteiger partial charge >= 0.3 is 0 Å². The Labute approximate surface area is 190 Å². The lowest BCUT2D eigenvalue weighted by molar-refractivity contribution is 0.204. The lowest BCUT2D eigenvalue weighted by Gasteiger charge is -2.34. The average Bonchev–Trinajstić information content (AvgIpc) is 2.69. The first-order chi connectivity index (χ1) is 13.0. The van der Waals surface area contributed by atoms with Gasteiger partial charge in [0.25, 0.3) is 0 Å². The van der Waals surface area contributed by atoms with Gasteiger partial charge in [-0.2, -0.15) is 11.8 Å². The fourth-order valence-electron chi connectivity index (χ4n) is 2.86. The zero-order valence-corrected chi connectivity index (χ0v) is 20.6. The third-order valence-electron chi connectivity index (χ3n) is 4.36. The summed E-state index contributed by atoms with van der Waals surface area (Å²) < 4.78 is 32.1. The molecule has 0 aliphatic carbocycles. The molecule has 1 aromatic rings. The second-order valence-electron chi connectivity index (χ2n) is 6.29. The molecule has 0 radical (unpaired) electrons. The number of thioether (sulfide) groups is 1. The molecule has 0 bridgehead atoms. The van der Waals surface area contributed by atoms with Crippen LogP contribution in [-0.2, 0) is 21.3 Å². The first kappa shape index (κ1) is 25.5. The van der Waals surface area contributed by atoms with Gasteiger partial charge < -0.3 is 15.0 Å². The molecule has 0 saturated carbocycles. The minimum absolute atomic E-state index is 0. The molecule has 160 valence electrons. The highest BCUT2D eigenvalue weighted by Gasteiger charge is 2.21. The molecule has 0 amide bonds. The average molecular weight is 543 g/mol. The van der Waals surface area contributed by atoms with Crippen LogP contribution in [0.1, 0.15) is 18.9 Å². The highest BCUT2D eigenvalue weighted by Crippen LogP contribution is 2.21. The number of benzene rings is 1. The number of guanidine groups is 1. The quantitative estimate of drug-likeness (QED) is 0.227. The molecule has 0 aromatic heterocycles. The van der Waals surface area contributed by atoms with Gasteiger partial charge in [0.15, 0.2) is 5.96 Å². The zero-order chi connectivity index (χ0) is 19.7. The molecular formula is C18H31IN4O3S2.